The van der Waals surface area contributed by atoms with Crippen LogP contribution in [0.15, 0.2) is 18.2 Å². The molecule has 0 amide bonds. The van der Waals surface area contributed by atoms with Gasteiger partial charge in [-0.15, -0.1) is 0 Å². The van der Waals surface area contributed by atoms with Gasteiger partial charge in [-0.25, -0.2) is 0 Å². The normalized spacial score (nSPS) is 27.7. The fraction of sp³-hybridized carbons (Fsp3) is 0.500. The van der Waals surface area contributed by atoms with Gasteiger partial charge in [0.05, 0.1) is 0 Å². The molecule has 2 unspecified atom stereocenters. The second kappa shape index (κ2) is 3.39. The SMILES string of the molecule is CC1(C)C(CN)C1c1cc(Cl)ccc1O. The van der Waals surface area contributed by atoms with Crippen molar-refractivity contribution in [3.63, 3.8) is 0 Å². The molecule has 1 aromatic rings. The number of hydrogen-bond donors (Lipinski definition) is 2. The molecule has 3 heteroatoms. The summed E-state index contributed by atoms with van der Waals surface area (Å²) in [5.74, 6) is 1.11. The summed E-state index contributed by atoms with van der Waals surface area (Å²) in [5, 5.41) is 10.5. The maximum atomic E-state index is 9.79. The van der Waals surface area contributed by atoms with Crippen LogP contribution in [0.25, 0.3) is 0 Å². The van der Waals surface area contributed by atoms with E-state index in [9.17, 15) is 5.11 Å². The first-order valence-electron chi connectivity index (χ1n) is 5.17. The van der Waals surface area contributed by atoms with Crippen molar-refractivity contribution in [2.24, 2.45) is 17.1 Å². The molecular weight excluding hydrogens is 210 g/mol. The molecule has 0 heterocycles. The predicted molar refractivity (Wildman–Crippen MR) is 62.2 cm³/mol. The van der Waals surface area contributed by atoms with Crippen LogP contribution in [-0.2, 0) is 0 Å². The molecule has 2 nitrogen and oxygen atoms in total. The maximum absolute atomic E-state index is 9.79. The Balaban J connectivity index is 2.36. The second-order valence-corrected chi connectivity index (χ2v) is 5.28. The van der Waals surface area contributed by atoms with E-state index in [1.54, 1.807) is 12.1 Å². The summed E-state index contributed by atoms with van der Waals surface area (Å²) in [6.45, 7) is 5.01. The summed E-state index contributed by atoms with van der Waals surface area (Å²) in [4.78, 5) is 0. The maximum Gasteiger partial charge on any atom is 0.119 e. The Morgan fingerprint density at radius 1 is 1.47 bits per heavy atom. The van der Waals surface area contributed by atoms with Gasteiger partial charge in [0, 0.05) is 5.02 Å². The average Bonchev–Trinajstić information content (AvgIpc) is 2.72. The lowest BCUT2D eigenvalue weighted by molar-refractivity contribution is 0.464. The zero-order chi connectivity index (χ0) is 11.2. The van der Waals surface area contributed by atoms with Crippen molar-refractivity contribution in [1.29, 1.82) is 0 Å². The van der Waals surface area contributed by atoms with Crippen molar-refractivity contribution in [2.45, 2.75) is 19.8 Å². The van der Waals surface area contributed by atoms with Gasteiger partial charge in [-0.3, -0.25) is 0 Å². The van der Waals surface area contributed by atoms with E-state index in [1.165, 1.54) is 0 Å². The van der Waals surface area contributed by atoms with Crippen molar-refractivity contribution in [3.05, 3.63) is 28.8 Å². The molecule has 1 aromatic carbocycles. The number of rotatable bonds is 2. The van der Waals surface area contributed by atoms with E-state index in [1.807, 2.05) is 6.07 Å². The number of nitrogens with two attached hydrogens (primary N) is 1. The number of benzene rings is 1. The van der Waals surface area contributed by atoms with E-state index in [0.717, 1.165) is 5.56 Å². The van der Waals surface area contributed by atoms with Gasteiger partial charge in [0.25, 0.3) is 0 Å². The molecule has 0 bridgehead atoms. The molecule has 1 aliphatic carbocycles. The molecule has 1 aliphatic rings. The standard InChI is InChI=1S/C12H16ClNO/c1-12(2)9(6-14)11(12)8-5-7(13)3-4-10(8)15/h3-5,9,11,15H,6,14H2,1-2H3. The first-order chi connectivity index (χ1) is 6.98. The zero-order valence-electron chi connectivity index (χ0n) is 9.00. The van der Waals surface area contributed by atoms with E-state index in [2.05, 4.69) is 13.8 Å². The topological polar surface area (TPSA) is 46.2 Å². The van der Waals surface area contributed by atoms with E-state index < -0.39 is 0 Å². The molecule has 0 aliphatic heterocycles. The second-order valence-electron chi connectivity index (χ2n) is 4.84. The van der Waals surface area contributed by atoms with E-state index in [-0.39, 0.29) is 5.41 Å². The van der Waals surface area contributed by atoms with Crippen LogP contribution in [0.4, 0.5) is 0 Å². The van der Waals surface area contributed by atoms with Crippen molar-refractivity contribution in [3.8, 4) is 5.75 Å². The van der Waals surface area contributed by atoms with Crippen LogP contribution in [0.2, 0.25) is 5.02 Å². The van der Waals surface area contributed by atoms with Crippen LogP contribution in [0.3, 0.4) is 0 Å². The predicted octanol–water partition coefficient (Wildman–Crippen LogP) is 2.74. The molecule has 2 atom stereocenters. The van der Waals surface area contributed by atoms with Crippen LogP contribution in [0.1, 0.15) is 25.3 Å². The number of halogens is 1. The van der Waals surface area contributed by atoms with Crippen LogP contribution in [0.5, 0.6) is 5.75 Å². The molecule has 2 rings (SSSR count). The van der Waals surface area contributed by atoms with Gasteiger partial charge >= 0.3 is 0 Å². The monoisotopic (exact) mass is 225 g/mol. The lowest BCUT2D eigenvalue weighted by Gasteiger charge is -2.06. The Kier molecular flexibility index (Phi) is 2.44. The van der Waals surface area contributed by atoms with Gasteiger partial charge in [-0.2, -0.15) is 0 Å². The van der Waals surface area contributed by atoms with E-state index in [0.29, 0.717) is 29.2 Å². The van der Waals surface area contributed by atoms with E-state index >= 15 is 0 Å². The molecule has 0 radical (unpaired) electrons. The number of phenols is 1. The minimum Gasteiger partial charge on any atom is -0.508 e. The molecule has 0 saturated heterocycles. The Morgan fingerprint density at radius 2 is 2.13 bits per heavy atom. The van der Waals surface area contributed by atoms with Crippen molar-refractivity contribution in [1.82, 2.24) is 0 Å². The largest absolute Gasteiger partial charge is 0.508 e. The van der Waals surface area contributed by atoms with E-state index in [4.69, 9.17) is 17.3 Å². The van der Waals surface area contributed by atoms with Gasteiger partial charge in [0.15, 0.2) is 0 Å². The fourth-order valence-corrected chi connectivity index (χ4v) is 2.76. The van der Waals surface area contributed by atoms with Gasteiger partial charge in [0.1, 0.15) is 5.75 Å². The summed E-state index contributed by atoms with van der Waals surface area (Å²) >= 11 is 5.93. The van der Waals surface area contributed by atoms with Crippen LogP contribution >= 0.6 is 11.6 Å². The van der Waals surface area contributed by atoms with Gasteiger partial charge in [-0.05, 0) is 47.6 Å². The Morgan fingerprint density at radius 3 is 2.67 bits per heavy atom. The van der Waals surface area contributed by atoms with Gasteiger partial charge in [-0.1, -0.05) is 25.4 Å². The molecule has 82 valence electrons. The first kappa shape index (κ1) is 10.8. The van der Waals surface area contributed by atoms with Crippen LogP contribution in [0, 0.1) is 11.3 Å². The summed E-state index contributed by atoms with van der Waals surface area (Å²) in [6.07, 6.45) is 0. The summed E-state index contributed by atoms with van der Waals surface area (Å²) < 4.78 is 0. The van der Waals surface area contributed by atoms with Crippen molar-refractivity contribution >= 4 is 11.6 Å². The van der Waals surface area contributed by atoms with Gasteiger partial charge in [0.2, 0.25) is 0 Å². The lowest BCUT2D eigenvalue weighted by atomic mass is 10.0. The average molecular weight is 226 g/mol. The third-order valence-electron chi connectivity index (χ3n) is 3.63. The highest BCUT2D eigenvalue weighted by Crippen LogP contribution is 2.65. The first-order valence-corrected chi connectivity index (χ1v) is 5.54. The smallest absolute Gasteiger partial charge is 0.119 e. The number of aromatic hydroxyl groups is 1. The fourth-order valence-electron chi connectivity index (χ4n) is 2.58. The Bertz CT molecular complexity index is 389. The van der Waals surface area contributed by atoms with Crippen molar-refractivity contribution in [2.75, 3.05) is 6.54 Å². The highest BCUT2D eigenvalue weighted by atomic mass is 35.5. The zero-order valence-corrected chi connectivity index (χ0v) is 9.75. The quantitative estimate of drug-likeness (QED) is 0.813. The molecule has 0 spiro atoms. The Hall–Kier alpha value is -0.730. The minimum absolute atomic E-state index is 0.177. The molecule has 1 saturated carbocycles. The number of hydrogen-bond acceptors (Lipinski definition) is 2. The molecule has 3 N–H and O–H groups in total. The Labute approximate surface area is 95.1 Å². The molecule has 0 aromatic heterocycles. The highest BCUT2D eigenvalue weighted by Gasteiger charge is 2.57. The summed E-state index contributed by atoms with van der Waals surface area (Å²) in [5.41, 5.74) is 6.82. The van der Waals surface area contributed by atoms with Gasteiger partial charge < -0.3 is 10.8 Å². The van der Waals surface area contributed by atoms with Crippen molar-refractivity contribution < 1.29 is 5.11 Å². The highest BCUT2D eigenvalue weighted by molar-refractivity contribution is 6.30. The summed E-state index contributed by atoms with van der Waals surface area (Å²) in [7, 11) is 0. The lowest BCUT2D eigenvalue weighted by Crippen LogP contribution is -2.05. The molecular formula is C12H16ClNO. The number of phenolic OH excluding ortho intramolecular Hbond substituents is 1. The summed E-state index contributed by atoms with van der Waals surface area (Å²) in [6, 6.07) is 5.20. The molecule has 1 fully saturated rings. The minimum atomic E-state index is 0.177. The van der Waals surface area contributed by atoms with Crippen LogP contribution < -0.4 is 5.73 Å². The molecule has 15 heavy (non-hydrogen) atoms. The third kappa shape index (κ3) is 1.62. The van der Waals surface area contributed by atoms with Crippen LogP contribution in [-0.4, -0.2) is 11.7 Å². The third-order valence-corrected chi connectivity index (χ3v) is 3.86.